The molecule has 162 valence electrons. The molecule has 0 unspecified atom stereocenters. The molecule has 2 fully saturated rings. The number of nitrogens with zero attached hydrogens (tertiary/aromatic N) is 4. The van der Waals surface area contributed by atoms with E-state index in [1.165, 1.54) is 6.07 Å². The number of anilines is 1. The molecule has 2 heterocycles. The predicted molar refractivity (Wildman–Crippen MR) is 118 cm³/mol. The number of benzene rings is 2. The molecule has 0 atom stereocenters. The summed E-state index contributed by atoms with van der Waals surface area (Å²) in [6.07, 6.45) is 2.03. The van der Waals surface area contributed by atoms with Gasteiger partial charge in [-0.25, -0.2) is 0 Å². The van der Waals surface area contributed by atoms with Gasteiger partial charge in [0.2, 0.25) is 0 Å². The molecule has 2 aliphatic heterocycles. The highest BCUT2D eigenvalue weighted by Gasteiger charge is 2.28. The Bertz CT molecular complexity index is 991. The Morgan fingerprint density at radius 1 is 0.806 bits per heavy atom. The average Bonchev–Trinajstić information content (AvgIpc) is 3.33. The average molecular weight is 422 g/mol. The molecule has 0 bridgehead atoms. The van der Waals surface area contributed by atoms with Gasteiger partial charge in [-0.3, -0.25) is 19.7 Å². The third-order valence-corrected chi connectivity index (χ3v) is 6.02. The number of aryl methyl sites for hydroxylation is 1. The first-order chi connectivity index (χ1) is 14.9. The smallest absolute Gasteiger partial charge is 0.293 e. The number of carbonyl (C=O) groups excluding carboxylic acids is 2. The van der Waals surface area contributed by atoms with Gasteiger partial charge < -0.3 is 14.7 Å². The molecule has 8 heteroatoms. The number of hydrogen-bond acceptors (Lipinski definition) is 5. The predicted octanol–water partition coefficient (Wildman–Crippen LogP) is 3.10. The van der Waals surface area contributed by atoms with Crippen LogP contribution in [0.5, 0.6) is 0 Å². The molecule has 8 nitrogen and oxygen atoms in total. The number of nitro groups is 1. The van der Waals surface area contributed by atoms with Gasteiger partial charge in [-0.15, -0.1) is 0 Å². The van der Waals surface area contributed by atoms with Gasteiger partial charge in [-0.1, -0.05) is 17.7 Å². The van der Waals surface area contributed by atoms with E-state index in [9.17, 15) is 19.7 Å². The second kappa shape index (κ2) is 8.75. The van der Waals surface area contributed by atoms with Gasteiger partial charge in [0, 0.05) is 56.5 Å². The van der Waals surface area contributed by atoms with Crippen molar-refractivity contribution in [2.45, 2.75) is 19.8 Å². The summed E-state index contributed by atoms with van der Waals surface area (Å²) in [5.74, 6) is -0.281. The minimum Gasteiger partial charge on any atom is -0.366 e. The minimum atomic E-state index is -0.414. The standard InChI is InChI=1S/C23H26N4O4/c1-17-4-6-18(7-5-17)22(28)25-12-14-26(15-13-25)23(29)19-8-9-20(21(16-19)27(30)31)24-10-2-3-11-24/h4-9,16H,2-3,10-15H2,1H3. The Morgan fingerprint density at radius 2 is 1.32 bits per heavy atom. The number of piperazine rings is 1. The summed E-state index contributed by atoms with van der Waals surface area (Å²) >= 11 is 0. The van der Waals surface area contributed by atoms with Crippen LogP contribution in [0.4, 0.5) is 11.4 Å². The maximum Gasteiger partial charge on any atom is 0.293 e. The second-order valence-electron chi connectivity index (χ2n) is 8.11. The summed E-state index contributed by atoms with van der Waals surface area (Å²) in [5, 5.41) is 11.6. The molecule has 2 aromatic carbocycles. The topological polar surface area (TPSA) is 87.0 Å². The van der Waals surface area contributed by atoms with E-state index in [2.05, 4.69) is 0 Å². The van der Waals surface area contributed by atoms with Crippen molar-refractivity contribution >= 4 is 23.2 Å². The molecule has 0 spiro atoms. The van der Waals surface area contributed by atoms with Gasteiger partial charge in [0.15, 0.2) is 0 Å². The summed E-state index contributed by atoms with van der Waals surface area (Å²) in [6, 6.07) is 12.2. The molecule has 2 saturated heterocycles. The molecule has 4 rings (SSSR count). The third kappa shape index (κ3) is 4.38. The van der Waals surface area contributed by atoms with Crippen molar-refractivity contribution in [3.8, 4) is 0 Å². The lowest BCUT2D eigenvalue weighted by atomic mass is 10.1. The second-order valence-corrected chi connectivity index (χ2v) is 8.11. The fourth-order valence-electron chi connectivity index (χ4n) is 4.20. The largest absolute Gasteiger partial charge is 0.366 e. The Balaban J connectivity index is 1.43. The fraction of sp³-hybridized carbons (Fsp3) is 0.391. The Hall–Kier alpha value is -3.42. The third-order valence-electron chi connectivity index (χ3n) is 6.02. The maximum atomic E-state index is 13.0. The zero-order valence-electron chi connectivity index (χ0n) is 17.6. The first kappa shape index (κ1) is 20.8. The molecule has 0 N–H and O–H groups in total. The van der Waals surface area contributed by atoms with E-state index in [1.54, 1.807) is 21.9 Å². The molecular weight excluding hydrogens is 396 g/mol. The molecule has 0 aliphatic carbocycles. The van der Waals surface area contributed by atoms with Crippen LogP contribution >= 0.6 is 0 Å². The molecule has 2 aromatic rings. The van der Waals surface area contributed by atoms with Crippen molar-refractivity contribution in [2.75, 3.05) is 44.2 Å². The van der Waals surface area contributed by atoms with Gasteiger partial charge in [-0.05, 0) is 44.0 Å². The lowest BCUT2D eigenvalue weighted by molar-refractivity contribution is -0.384. The molecule has 2 amide bonds. The number of rotatable bonds is 4. The van der Waals surface area contributed by atoms with Gasteiger partial charge in [0.05, 0.1) is 4.92 Å². The highest BCUT2D eigenvalue weighted by atomic mass is 16.6. The molecular formula is C23H26N4O4. The van der Waals surface area contributed by atoms with Crippen LogP contribution in [-0.4, -0.2) is 65.8 Å². The van der Waals surface area contributed by atoms with Crippen LogP contribution in [0.3, 0.4) is 0 Å². The van der Waals surface area contributed by atoms with E-state index in [-0.39, 0.29) is 17.5 Å². The van der Waals surface area contributed by atoms with E-state index >= 15 is 0 Å². The zero-order valence-corrected chi connectivity index (χ0v) is 17.6. The van der Waals surface area contributed by atoms with Gasteiger partial charge in [0.1, 0.15) is 5.69 Å². The Labute approximate surface area is 181 Å². The van der Waals surface area contributed by atoms with Crippen LogP contribution in [0.1, 0.15) is 39.1 Å². The Morgan fingerprint density at radius 3 is 1.87 bits per heavy atom. The van der Waals surface area contributed by atoms with Crippen LogP contribution in [0, 0.1) is 17.0 Å². The molecule has 0 radical (unpaired) electrons. The summed E-state index contributed by atoms with van der Waals surface area (Å²) in [5.41, 5.74) is 2.59. The molecule has 0 saturated carbocycles. The molecule has 31 heavy (non-hydrogen) atoms. The van der Waals surface area contributed by atoms with E-state index in [0.29, 0.717) is 43.0 Å². The van der Waals surface area contributed by atoms with Gasteiger partial charge in [0.25, 0.3) is 17.5 Å². The van der Waals surface area contributed by atoms with Crippen molar-refractivity contribution in [2.24, 2.45) is 0 Å². The molecule has 0 aromatic heterocycles. The van der Waals surface area contributed by atoms with E-state index in [0.717, 1.165) is 31.5 Å². The fourth-order valence-corrected chi connectivity index (χ4v) is 4.20. The van der Waals surface area contributed by atoms with Crippen LogP contribution in [-0.2, 0) is 0 Å². The van der Waals surface area contributed by atoms with Crippen LogP contribution in [0.15, 0.2) is 42.5 Å². The van der Waals surface area contributed by atoms with Crippen molar-refractivity contribution in [1.29, 1.82) is 0 Å². The van der Waals surface area contributed by atoms with Crippen LogP contribution < -0.4 is 4.90 Å². The van der Waals surface area contributed by atoms with Crippen molar-refractivity contribution in [3.05, 3.63) is 69.3 Å². The highest BCUT2D eigenvalue weighted by Crippen LogP contribution is 2.32. The van der Waals surface area contributed by atoms with Gasteiger partial charge >= 0.3 is 0 Å². The lowest BCUT2D eigenvalue weighted by Gasteiger charge is -2.35. The van der Waals surface area contributed by atoms with Crippen LogP contribution in [0.2, 0.25) is 0 Å². The molecule has 2 aliphatic rings. The van der Waals surface area contributed by atoms with E-state index in [4.69, 9.17) is 0 Å². The zero-order chi connectivity index (χ0) is 22.0. The summed E-state index contributed by atoms with van der Waals surface area (Å²) in [7, 11) is 0. The minimum absolute atomic E-state index is 0.0269. The van der Waals surface area contributed by atoms with Crippen LogP contribution in [0.25, 0.3) is 0 Å². The van der Waals surface area contributed by atoms with Gasteiger partial charge in [-0.2, -0.15) is 0 Å². The number of nitro benzene ring substituents is 1. The normalized spacial score (nSPS) is 16.5. The first-order valence-electron chi connectivity index (χ1n) is 10.6. The first-order valence-corrected chi connectivity index (χ1v) is 10.6. The monoisotopic (exact) mass is 422 g/mol. The van der Waals surface area contributed by atoms with E-state index < -0.39 is 4.92 Å². The number of amides is 2. The summed E-state index contributed by atoms with van der Waals surface area (Å²) in [4.78, 5) is 42.3. The SMILES string of the molecule is Cc1ccc(C(=O)N2CCN(C(=O)c3ccc(N4CCCC4)c([N+](=O)[O-])c3)CC2)cc1. The summed E-state index contributed by atoms with van der Waals surface area (Å²) in [6.45, 7) is 5.24. The highest BCUT2D eigenvalue weighted by molar-refractivity contribution is 5.97. The Kier molecular flexibility index (Phi) is 5.88. The quantitative estimate of drug-likeness (QED) is 0.558. The maximum absolute atomic E-state index is 13.0. The van der Waals surface area contributed by atoms with E-state index in [1.807, 2.05) is 36.1 Å². The van der Waals surface area contributed by atoms with Crippen molar-refractivity contribution < 1.29 is 14.5 Å². The lowest BCUT2D eigenvalue weighted by Crippen LogP contribution is -2.50. The van der Waals surface area contributed by atoms with Crippen molar-refractivity contribution in [3.63, 3.8) is 0 Å². The number of hydrogen-bond donors (Lipinski definition) is 0. The van der Waals surface area contributed by atoms with Crippen molar-refractivity contribution in [1.82, 2.24) is 9.80 Å². The summed E-state index contributed by atoms with van der Waals surface area (Å²) < 4.78 is 0. The number of carbonyl (C=O) groups is 2.